The van der Waals surface area contributed by atoms with Crippen LogP contribution in [-0.4, -0.2) is 17.5 Å². The molecule has 0 saturated heterocycles. The summed E-state index contributed by atoms with van der Waals surface area (Å²) in [7, 11) is 0. The summed E-state index contributed by atoms with van der Waals surface area (Å²) in [5, 5.41) is 8.83. The smallest absolute Gasteiger partial charge is 0.0902 e. The number of aliphatic hydroxyl groups is 1. The maximum absolute atomic E-state index is 11.8. The van der Waals surface area contributed by atoms with E-state index in [-0.39, 0.29) is 13.3 Å². The lowest BCUT2D eigenvalue weighted by molar-refractivity contribution is 0.282. The monoisotopic (exact) mass is 214 g/mol. The van der Waals surface area contributed by atoms with E-state index in [2.05, 4.69) is 0 Å². The van der Waals surface area contributed by atoms with E-state index in [4.69, 9.17) is 5.11 Å². The Morgan fingerprint density at radius 1 is 1.14 bits per heavy atom. The molecule has 1 rings (SSSR count). The quantitative estimate of drug-likeness (QED) is 0.735. The van der Waals surface area contributed by atoms with Gasteiger partial charge in [0.05, 0.1) is 13.3 Å². The van der Waals surface area contributed by atoms with Crippen molar-refractivity contribution in [2.45, 2.75) is 18.8 Å². The predicted molar refractivity (Wildman–Crippen MR) is 59.1 cm³/mol. The zero-order valence-corrected chi connectivity index (χ0v) is 8.89. The van der Waals surface area contributed by atoms with Crippen LogP contribution in [0.4, 0.5) is 4.39 Å². The van der Waals surface area contributed by atoms with Gasteiger partial charge in [-0.25, -0.2) is 0 Å². The number of halogens is 1. The Morgan fingerprint density at radius 3 is 2.36 bits per heavy atom. The maximum Gasteiger partial charge on any atom is 0.0902 e. The molecule has 14 heavy (non-hydrogen) atoms. The van der Waals surface area contributed by atoms with Gasteiger partial charge in [-0.2, -0.15) is 11.8 Å². The van der Waals surface area contributed by atoms with Gasteiger partial charge in [-0.3, -0.25) is 4.39 Å². The van der Waals surface area contributed by atoms with Gasteiger partial charge in [-0.05, 0) is 23.3 Å². The van der Waals surface area contributed by atoms with E-state index in [1.165, 1.54) is 5.56 Å². The second-order valence-corrected chi connectivity index (χ2v) is 4.17. The second-order valence-electron chi connectivity index (χ2n) is 3.07. The molecule has 0 saturated carbocycles. The molecule has 0 radical (unpaired) electrons. The molecule has 1 N–H and O–H groups in total. The second kappa shape index (κ2) is 6.85. The molecule has 0 aliphatic carbocycles. The van der Waals surface area contributed by atoms with Crippen LogP contribution in [0.5, 0.6) is 0 Å². The van der Waals surface area contributed by atoms with Gasteiger partial charge < -0.3 is 5.11 Å². The molecule has 1 nitrogen and oxygen atoms in total. The van der Waals surface area contributed by atoms with Gasteiger partial charge in [0.25, 0.3) is 0 Å². The van der Waals surface area contributed by atoms with E-state index in [9.17, 15) is 4.39 Å². The van der Waals surface area contributed by atoms with Crippen molar-refractivity contribution >= 4 is 11.8 Å². The summed E-state index contributed by atoms with van der Waals surface area (Å²) in [6.45, 7) is -0.133. The molecule has 3 heteroatoms. The summed E-state index contributed by atoms with van der Waals surface area (Å²) in [6.07, 6.45) is 0.638. The van der Waals surface area contributed by atoms with E-state index in [1.807, 2.05) is 24.3 Å². The molecule has 0 aliphatic rings. The molecule has 0 aromatic heterocycles. The first-order valence-corrected chi connectivity index (χ1v) is 5.84. The number of hydrogen-bond donors (Lipinski definition) is 1. The van der Waals surface area contributed by atoms with Crippen LogP contribution in [0.25, 0.3) is 0 Å². The molecule has 0 amide bonds. The van der Waals surface area contributed by atoms with Crippen LogP contribution in [0.1, 0.15) is 17.5 Å². The third kappa shape index (κ3) is 4.11. The van der Waals surface area contributed by atoms with Crippen molar-refractivity contribution in [3.8, 4) is 0 Å². The van der Waals surface area contributed by atoms with Crippen LogP contribution in [0.3, 0.4) is 0 Å². The highest BCUT2D eigenvalue weighted by atomic mass is 32.2. The van der Waals surface area contributed by atoms with Crippen LogP contribution < -0.4 is 0 Å². The topological polar surface area (TPSA) is 20.2 Å². The highest BCUT2D eigenvalue weighted by Crippen LogP contribution is 2.13. The fourth-order valence-corrected chi connectivity index (χ4v) is 1.97. The zero-order chi connectivity index (χ0) is 10.2. The summed E-state index contributed by atoms with van der Waals surface area (Å²) in [6, 6.07) is 7.86. The summed E-state index contributed by atoms with van der Waals surface area (Å²) < 4.78 is 11.8. The highest BCUT2D eigenvalue weighted by Gasteiger charge is 1.94. The lowest BCUT2D eigenvalue weighted by Crippen LogP contribution is -1.87. The molecular weight excluding hydrogens is 199 g/mol. The minimum absolute atomic E-state index is 0.0925. The molecule has 78 valence electrons. The molecule has 0 spiro atoms. The number of aliphatic hydroxyl groups excluding tert-OH is 1. The summed E-state index contributed by atoms with van der Waals surface area (Å²) in [5.41, 5.74) is 2.16. The van der Waals surface area contributed by atoms with Crippen LogP contribution in [0, 0.1) is 0 Å². The number of rotatable bonds is 6. The minimum atomic E-state index is -0.226. The van der Waals surface area contributed by atoms with E-state index >= 15 is 0 Å². The van der Waals surface area contributed by atoms with Crippen LogP contribution >= 0.6 is 11.8 Å². The molecule has 0 aliphatic heterocycles. The fraction of sp³-hybridized carbons (Fsp3) is 0.455. The Bertz CT molecular complexity index is 248. The van der Waals surface area contributed by atoms with Gasteiger partial charge in [0.2, 0.25) is 0 Å². The third-order valence-corrected chi connectivity index (χ3v) is 3.01. The molecule has 0 unspecified atom stereocenters. The normalized spacial score (nSPS) is 10.4. The van der Waals surface area contributed by atoms with Crippen molar-refractivity contribution in [3.63, 3.8) is 0 Å². The van der Waals surface area contributed by atoms with Crippen molar-refractivity contribution in [2.24, 2.45) is 0 Å². The standard InChI is InChI=1S/C11H15FOS/c12-6-1-7-14-9-11-4-2-10(8-13)3-5-11/h2-5,13H,1,6-9H2. The Morgan fingerprint density at radius 2 is 1.79 bits per heavy atom. The van der Waals surface area contributed by atoms with Gasteiger partial charge in [0, 0.05) is 5.75 Å². The largest absolute Gasteiger partial charge is 0.392 e. The SMILES string of the molecule is OCc1ccc(CSCCCF)cc1. The van der Waals surface area contributed by atoms with Crippen molar-refractivity contribution in [2.75, 3.05) is 12.4 Å². The van der Waals surface area contributed by atoms with Gasteiger partial charge in [0.15, 0.2) is 0 Å². The first-order chi connectivity index (χ1) is 6.86. The Labute approximate surface area is 88.3 Å². The Hall–Kier alpha value is -0.540. The van der Waals surface area contributed by atoms with Crippen molar-refractivity contribution < 1.29 is 9.50 Å². The predicted octanol–water partition coefficient (Wildman–Crippen LogP) is 2.77. The number of thioether (sulfide) groups is 1. The van der Waals surface area contributed by atoms with Crippen molar-refractivity contribution in [3.05, 3.63) is 35.4 Å². The average molecular weight is 214 g/mol. The minimum Gasteiger partial charge on any atom is -0.392 e. The molecular formula is C11H15FOS. The molecule has 1 aromatic rings. The van der Waals surface area contributed by atoms with Crippen LogP contribution in [0.15, 0.2) is 24.3 Å². The lowest BCUT2D eigenvalue weighted by Gasteiger charge is -2.01. The third-order valence-electron chi connectivity index (χ3n) is 1.90. The maximum atomic E-state index is 11.8. The van der Waals surface area contributed by atoms with Crippen LogP contribution in [0.2, 0.25) is 0 Å². The summed E-state index contributed by atoms with van der Waals surface area (Å²) in [4.78, 5) is 0. The number of benzene rings is 1. The average Bonchev–Trinajstić information content (AvgIpc) is 2.25. The molecule has 0 atom stereocenters. The first-order valence-electron chi connectivity index (χ1n) is 4.69. The summed E-state index contributed by atoms with van der Waals surface area (Å²) >= 11 is 1.74. The van der Waals surface area contributed by atoms with Gasteiger partial charge in [-0.15, -0.1) is 0 Å². The number of alkyl halides is 1. The fourth-order valence-electron chi connectivity index (χ4n) is 1.09. The lowest BCUT2D eigenvalue weighted by atomic mass is 10.2. The number of hydrogen-bond acceptors (Lipinski definition) is 2. The van der Waals surface area contributed by atoms with E-state index in [0.29, 0.717) is 6.42 Å². The zero-order valence-electron chi connectivity index (χ0n) is 8.08. The summed E-state index contributed by atoms with van der Waals surface area (Å²) in [5.74, 6) is 1.80. The van der Waals surface area contributed by atoms with Gasteiger partial charge >= 0.3 is 0 Å². The van der Waals surface area contributed by atoms with Crippen LogP contribution in [-0.2, 0) is 12.4 Å². The van der Waals surface area contributed by atoms with Gasteiger partial charge in [-0.1, -0.05) is 24.3 Å². The molecule has 1 aromatic carbocycles. The van der Waals surface area contributed by atoms with Crippen molar-refractivity contribution in [1.82, 2.24) is 0 Å². The van der Waals surface area contributed by atoms with Gasteiger partial charge in [0.1, 0.15) is 0 Å². The highest BCUT2D eigenvalue weighted by molar-refractivity contribution is 7.98. The Balaban J connectivity index is 2.29. The first kappa shape index (κ1) is 11.5. The molecule has 0 heterocycles. The van der Waals surface area contributed by atoms with Crippen molar-refractivity contribution in [1.29, 1.82) is 0 Å². The molecule has 0 fully saturated rings. The van der Waals surface area contributed by atoms with E-state index < -0.39 is 0 Å². The van der Waals surface area contributed by atoms with E-state index in [0.717, 1.165) is 17.1 Å². The molecule has 0 bridgehead atoms. The Kier molecular flexibility index (Phi) is 5.64. The van der Waals surface area contributed by atoms with E-state index in [1.54, 1.807) is 11.8 Å².